The fourth-order valence-corrected chi connectivity index (χ4v) is 5.36. The Morgan fingerprint density at radius 3 is 2.61 bits per heavy atom. The van der Waals surface area contributed by atoms with Crippen LogP contribution in [0, 0.1) is 0 Å². The Morgan fingerprint density at radius 1 is 1.35 bits per heavy atom. The Morgan fingerprint density at radius 2 is 2.00 bits per heavy atom. The van der Waals surface area contributed by atoms with E-state index < -0.39 is 16.1 Å². The maximum atomic E-state index is 12.5. The van der Waals surface area contributed by atoms with Gasteiger partial charge in [-0.25, -0.2) is 8.42 Å². The first-order valence-electron chi connectivity index (χ1n) is 7.53. The second kappa shape index (κ2) is 8.98. The average molecular weight is 382 g/mol. The number of nitrogens with one attached hydrogen (secondary N) is 1. The van der Waals surface area contributed by atoms with Crippen molar-refractivity contribution in [1.82, 2.24) is 9.62 Å². The van der Waals surface area contributed by atoms with Crippen molar-refractivity contribution >= 4 is 39.7 Å². The minimum absolute atomic E-state index is 0. The van der Waals surface area contributed by atoms with Crippen molar-refractivity contribution in [3.05, 3.63) is 17.0 Å². The predicted molar refractivity (Wildman–Crippen MR) is 94.5 cm³/mol. The van der Waals surface area contributed by atoms with Gasteiger partial charge in [0.05, 0.1) is 6.04 Å². The summed E-state index contributed by atoms with van der Waals surface area (Å²) in [4.78, 5) is 12.3. The summed E-state index contributed by atoms with van der Waals surface area (Å²) in [6.07, 6.45) is 3.57. The number of nitrogens with two attached hydrogens (primary N) is 1. The van der Waals surface area contributed by atoms with E-state index in [1.165, 1.54) is 11.3 Å². The van der Waals surface area contributed by atoms with Crippen molar-refractivity contribution in [2.24, 2.45) is 5.73 Å². The molecule has 1 amide bonds. The molecule has 1 aromatic heterocycles. The second-order valence-corrected chi connectivity index (χ2v) is 8.85. The first-order chi connectivity index (χ1) is 10.4. The molecule has 23 heavy (non-hydrogen) atoms. The van der Waals surface area contributed by atoms with E-state index >= 15 is 0 Å². The van der Waals surface area contributed by atoms with Crippen LogP contribution in [0.5, 0.6) is 0 Å². The molecule has 1 saturated heterocycles. The third kappa shape index (κ3) is 5.42. The highest BCUT2D eigenvalue weighted by molar-refractivity contribution is 7.91. The molecule has 132 valence electrons. The third-order valence-corrected chi connectivity index (χ3v) is 7.14. The van der Waals surface area contributed by atoms with Crippen molar-refractivity contribution in [2.45, 2.75) is 42.9 Å². The molecule has 1 aliphatic heterocycles. The smallest absolute Gasteiger partial charge is 0.252 e. The molecule has 9 heteroatoms. The molecule has 1 atom stereocenters. The highest BCUT2D eigenvalue weighted by Gasteiger charge is 2.27. The van der Waals surface area contributed by atoms with Crippen LogP contribution in [-0.4, -0.2) is 44.3 Å². The topological polar surface area (TPSA) is 92.5 Å². The van der Waals surface area contributed by atoms with Gasteiger partial charge in [0.1, 0.15) is 4.21 Å². The van der Waals surface area contributed by atoms with Gasteiger partial charge >= 0.3 is 0 Å². The van der Waals surface area contributed by atoms with Crippen LogP contribution in [0.1, 0.15) is 31.1 Å². The number of piperidine rings is 1. The molecular weight excluding hydrogens is 358 g/mol. The molecule has 0 aliphatic carbocycles. The number of halogens is 1. The van der Waals surface area contributed by atoms with Gasteiger partial charge in [0, 0.05) is 24.5 Å². The summed E-state index contributed by atoms with van der Waals surface area (Å²) in [5.74, 6) is -0.197. The Balaban J connectivity index is 0.00000264. The maximum absolute atomic E-state index is 12.5. The van der Waals surface area contributed by atoms with Crippen LogP contribution in [0.15, 0.2) is 16.3 Å². The lowest BCUT2D eigenvalue weighted by molar-refractivity contribution is -0.121. The molecule has 6 nitrogen and oxygen atoms in total. The molecule has 3 N–H and O–H groups in total. The molecule has 0 saturated carbocycles. The van der Waals surface area contributed by atoms with E-state index in [1.54, 1.807) is 17.3 Å². The number of thiophene rings is 1. The van der Waals surface area contributed by atoms with Gasteiger partial charge < -0.3 is 11.1 Å². The second-order valence-electron chi connectivity index (χ2n) is 5.52. The van der Waals surface area contributed by atoms with Gasteiger partial charge in [-0.2, -0.15) is 4.31 Å². The lowest BCUT2D eigenvalue weighted by atomic mass is 10.2. The number of nitrogens with zero attached hydrogens (tertiary/aromatic N) is 1. The molecule has 1 aromatic rings. The maximum Gasteiger partial charge on any atom is 0.252 e. The van der Waals surface area contributed by atoms with E-state index in [1.807, 2.05) is 6.07 Å². The lowest BCUT2D eigenvalue weighted by Crippen LogP contribution is -2.39. The SMILES string of the molecule is C[C@@H](N)C(=O)NCCc1ccc(S(=O)(=O)N2CCCCC2)s1.Cl. The van der Waals surface area contributed by atoms with Crippen molar-refractivity contribution in [3.63, 3.8) is 0 Å². The predicted octanol–water partition coefficient (Wildman–Crippen LogP) is 1.35. The van der Waals surface area contributed by atoms with Crippen LogP contribution in [0.3, 0.4) is 0 Å². The fourth-order valence-electron chi connectivity index (χ4n) is 2.33. The summed E-state index contributed by atoms with van der Waals surface area (Å²) in [5, 5.41) is 2.72. The summed E-state index contributed by atoms with van der Waals surface area (Å²) < 4.78 is 27.0. The summed E-state index contributed by atoms with van der Waals surface area (Å²) in [5.41, 5.74) is 5.46. The van der Waals surface area contributed by atoms with Crippen molar-refractivity contribution < 1.29 is 13.2 Å². The largest absolute Gasteiger partial charge is 0.354 e. The van der Waals surface area contributed by atoms with Crippen LogP contribution in [0.2, 0.25) is 0 Å². The van der Waals surface area contributed by atoms with Gasteiger partial charge in [0.2, 0.25) is 5.91 Å². The van der Waals surface area contributed by atoms with E-state index in [0.717, 1.165) is 24.1 Å². The Labute approximate surface area is 147 Å². The molecule has 0 bridgehead atoms. The third-order valence-electron chi connectivity index (χ3n) is 3.63. The van der Waals surface area contributed by atoms with Gasteiger partial charge in [-0.05, 0) is 38.3 Å². The Bertz CT molecular complexity index is 611. The molecule has 0 spiro atoms. The minimum Gasteiger partial charge on any atom is -0.354 e. The highest BCUT2D eigenvalue weighted by atomic mass is 35.5. The molecule has 2 rings (SSSR count). The van der Waals surface area contributed by atoms with Gasteiger partial charge in [-0.1, -0.05) is 6.42 Å². The van der Waals surface area contributed by atoms with Gasteiger partial charge in [-0.15, -0.1) is 23.7 Å². The monoisotopic (exact) mass is 381 g/mol. The standard InChI is InChI=1S/C14H23N3O3S2.ClH/c1-11(15)14(18)16-8-7-12-5-6-13(21-12)22(19,20)17-9-3-2-4-10-17;/h5-6,11H,2-4,7-10,15H2,1H3,(H,16,18);1H/t11-;/m1./s1. The number of carbonyl (C=O) groups excluding carboxylic acids is 1. The molecule has 1 aliphatic rings. The van der Waals surface area contributed by atoms with E-state index in [2.05, 4.69) is 5.32 Å². The van der Waals surface area contributed by atoms with Crippen LogP contribution in [0.25, 0.3) is 0 Å². The van der Waals surface area contributed by atoms with Gasteiger partial charge in [-0.3, -0.25) is 4.79 Å². The zero-order chi connectivity index (χ0) is 16.2. The number of sulfonamides is 1. The summed E-state index contributed by atoms with van der Waals surface area (Å²) in [6.45, 7) is 3.31. The van der Waals surface area contributed by atoms with Crippen LogP contribution in [0.4, 0.5) is 0 Å². The van der Waals surface area contributed by atoms with Gasteiger partial charge in [0.15, 0.2) is 0 Å². The first kappa shape index (κ1) is 20.4. The Kier molecular flexibility index (Phi) is 7.96. The van der Waals surface area contributed by atoms with E-state index in [9.17, 15) is 13.2 Å². The van der Waals surface area contributed by atoms with Gasteiger partial charge in [0.25, 0.3) is 10.0 Å². The van der Waals surface area contributed by atoms with Crippen molar-refractivity contribution in [3.8, 4) is 0 Å². The first-order valence-corrected chi connectivity index (χ1v) is 9.79. The number of rotatable bonds is 6. The quantitative estimate of drug-likeness (QED) is 0.777. The summed E-state index contributed by atoms with van der Waals surface area (Å²) >= 11 is 1.28. The molecule has 0 radical (unpaired) electrons. The zero-order valence-electron chi connectivity index (χ0n) is 13.2. The van der Waals surface area contributed by atoms with Crippen LogP contribution in [-0.2, 0) is 21.2 Å². The Hall–Kier alpha value is -0.670. The number of carbonyl (C=O) groups is 1. The van der Waals surface area contributed by atoms with E-state index in [-0.39, 0.29) is 18.3 Å². The minimum atomic E-state index is -3.35. The van der Waals surface area contributed by atoms with E-state index in [0.29, 0.717) is 30.3 Å². The number of hydrogen-bond acceptors (Lipinski definition) is 5. The van der Waals surface area contributed by atoms with Crippen LogP contribution < -0.4 is 11.1 Å². The van der Waals surface area contributed by atoms with Crippen molar-refractivity contribution in [1.29, 1.82) is 0 Å². The molecule has 0 unspecified atom stereocenters. The number of hydrogen-bond donors (Lipinski definition) is 2. The summed E-state index contributed by atoms with van der Waals surface area (Å²) in [6, 6.07) is 2.95. The average Bonchev–Trinajstić information content (AvgIpc) is 2.97. The fraction of sp³-hybridized carbons (Fsp3) is 0.643. The normalized spacial score (nSPS) is 17.3. The summed E-state index contributed by atoms with van der Waals surface area (Å²) in [7, 11) is -3.35. The van der Waals surface area contributed by atoms with E-state index in [4.69, 9.17) is 5.73 Å². The zero-order valence-corrected chi connectivity index (χ0v) is 15.6. The van der Waals surface area contributed by atoms with Crippen molar-refractivity contribution in [2.75, 3.05) is 19.6 Å². The molecule has 1 fully saturated rings. The lowest BCUT2D eigenvalue weighted by Gasteiger charge is -2.25. The molecule has 2 heterocycles. The molecular formula is C14H24ClN3O3S2. The molecule has 0 aromatic carbocycles. The number of amides is 1. The van der Waals surface area contributed by atoms with Crippen LogP contribution >= 0.6 is 23.7 Å². The highest BCUT2D eigenvalue weighted by Crippen LogP contribution is 2.27.